The Hall–Kier alpha value is -3.58. The molecule has 0 spiro atoms. The van der Waals surface area contributed by atoms with Gasteiger partial charge in [0.15, 0.2) is 0 Å². The highest BCUT2D eigenvalue weighted by molar-refractivity contribution is 7.10. The Morgan fingerprint density at radius 2 is 1.94 bits per heavy atom. The van der Waals surface area contributed by atoms with Crippen LogP contribution in [0.5, 0.6) is 11.5 Å². The van der Waals surface area contributed by atoms with Crippen LogP contribution >= 0.6 is 11.3 Å². The fourth-order valence-electron chi connectivity index (χ4n) is 4.19. The van der Waals surface area contributed by atoms with Crippen LogP contribution in [-0.4, -0.2) is 28.0 Å². The van der Waals surface area contributed by atoms with Gasteiger partial charge in [-0.05, 0) is 54.3 Å². The number of Topliss-reactive ketones (excluding diaryl/α,β-unsaturated/α-hetero) is 1. The summed E-state index contributed by atoms with van der Waals surface area (Å²) in [5.41, 5.74) is 1.62. The van der Waals surface area contributed by atoms with E-state index in [1.165, 1.54) is 22.3 Å². The van der Waals surface area contributed by atoms with Crippen molar-refractivity contribution in [3.05, 3.63) is 81.6 Å². The van der Waals surface area contributed by atoms with E-state index in [1.54, 1.807) is 42.5 Å². The van der Waals surface area contributed by atoms with E-state index in [2.05, 4.69) is 0 Å². The molecular weight excluding hydrogens is 414 g/mol. The minimum atomic E-state index is -0.836. The fourth-order valence-corrected chi connectivity index (χ4v) is 5.01. The summed E-state index contributed by atoms with van der Waals surface area (Å²) in [5.74, 6) is -1.18. The lowest BCUT2D eigenvalue weighted by atomic mass is 9.98. The van der Waals surface area contributed by atoms with E-state index in [4.69, 9.17) is 4.74 Å². The summed E-state index contributed by atoms with van der Waals surface area (Å²) in [5, 5.41) is 23.4. The second-order valence-corrected chi connectivity index (χ2v) is 8.61. The molecule has 2 aliphatic rings. The van der Waals surface area contributed by atoms with Crippen molar-refractivity contribution in [2.24, 2.45) is 0 Å². The lowest BCUT2D eigenvalue weighted by Gasteiger charge is -2.24. The van der Waals surface area contributed by atoms with Crippen LogP contribution in [0.3, 0.4) is 0 Å². The lowest BCUT2D eigenvalue weighted by molar-refractivity contribution is -0.132. The molecule has 2 N–H and O–H groups in total. The minimum absolute atomic E-state index is 0.00242. The van der Waals surface area contributed by atoms with Crippen LogP contribution in [0.2, 0.25) is 0 Å². The SMILES string of the molecule is CC1Cc2cc(/C(O)=C3/C(=O)C(=O)N(c4ccccc4O)C3c3cccs3)ccc2O1. The van der Waals surface area contributed by atoms with Crippen LogP contribution in [0.25, 0.3) is 5.76 Å². The van der Waals surface area contributed by atoms with E-state index in [-0.39, 0.29) is 28.9 Å². The second-order valence-electron chi connectivity index (χ2n) is 7.63. The summed E-state index contributed by atoms with van der Waals surface area (Å²) in [6.07, 6.45) is 0.752. The average molecular weight is 433 g/mol. The number of aromatic hydroxyl groups is 1. The molecule has 2 atom stereocenters. The lowest BCUT2D eigenvalue weighted by Crippen LogP contribution is -2.29. The predicted molar refractivity (Wildman–Crippen MR) is 117 cm³/mol. The first-order valence-corrected chi connectivity index (χ1v) is 10.8. The highest BCUT2D eigenvalue weighted by atomic mass is 32.1. The number of phenolic OH excluding ortho intramolecular Hbond substituents is 1. The quantitative estimate of drug-likeness (QED) is 0.363. The summed E-state index contributed by atoms with van der Waals surface area (Å²) in [6, 6.07) is 14.4. The van der Waals surface area contributed by atoms with E-state index in [9.17, 15) is 19.8 Å². The number of para-hydroxylation sites is 2. The van der Waals surface area contributed by atoms with Crippen molar-refractivity contribution < 1.29 is 24.5 Å². The monoisotopic (exact) mass is 433 g/mol. The maximum absolute atomic E-state index is 13.1. The predicted octanol–water partition coefficient (Wildman–Crippen LogP) is 4.40. The highest BCUT2D eigenvalue weighted by Gasteiger charge is 2.48. The Balaban J connectivity index is 1.69. The molecule has 156 valence electrons. The molecule has 0 radical (unpaired) electrons. The summed E-state index contributed by atoms with van der Waals surface area (Å²) >= 11 is 1.37. The van der Waals surface area contributed by atoms with Crippen LogP contribution in [-0.2, 0) is 16.0 Å². The van der Waals surface area contributed by atoms with Gasteiger partial charge in [-0.1, -0.05) is 18.2 Å². The van der Waals surface area contributed by atoms with E-state index in [1.807, 2.05) is 18.4 Å². The molecule has 5 rings (SSSR count). The van der Waals surface area contributed by atoms with Crippen LogP contribution < -0.4 is 9.64 Å². The molecule has 3 aromatic rings. The number of hydrogen-bond acceptors (Lipinski definition) is 6. The summed E-state index contributed by atoms with van der Waals surface area (Å²) < 4.78 is 5.72. The van der Waals surface area contributed by atoms with Crippen molar-refractivity contribution in [3.8, 4) is 11.5 Å². The number of carbonyl (C=O) groups is 2. The molecular formula is C24H19NO5S. The number of aliphatic hydroxyl groups excluding tert-OH is 1. The zero-order valence-electron chi connectivity index (χ0n) is 16.6. The Labute approximate surface area is 182 Å². The number of carbonyl (C=O) groups excluding carboxylic acids is 2. The van der Waals surface area contributed by atoms with Gasteiger partial charge < -0.3 is 14.9 Å². The van der Waals surface area contributed by atoms with Gasteiger partial charge >= 0.3 is 0 Å². The number of hydrogen-bond donors (Lipinski definition) is 2. The molecule has 6 nitrogen and oxygen atoms in total. The molecule has 2 unspecified atom stereocenters. The number of aliphatic hydroxyl groups is 1. The number of thiophene rings is 1. The van der Waals surface area contributed by atoms with Gasteiger partial charge in [0.05, 0.1) is 11.3 Å². The number of ether oxygens (including phenoxy) is 1. The molecule has 1 saturated heterocycles. The van der Waals surface area contributed by atoms with Crippen molar-refractivity contribution in [2.45, 2.75) is 25.5 Å². The number of benzene rings is 2. The molecule has 3 heterocycles. The molecule has 0 bridgehead atoms. The number of ketones is 1. The van der Waals surface area contributed by atoms with Crippen molar-refractivity contribution >= 4 is 34.5 Å². The Bertz CT molecular complexity index is 1230. The Morgan fingerprint density at radius 1 is 1.13 bits per heavy atom. The molecule has 31 heavy (non-hydrogen) atoms. The maximum Gasteiger partial charge on any atom is 0.300 e. The molecule has 0 aliphatic carbocycles. The van der Waals surface area contributed by atoms with Gasteiger partial charge in [-0.2, -0.15) is 0 Å². The molecule has 2 aromatic carbocycles. The molecule has 0 saturated carbocycles. The number of nitrogens with zero attached hydrogens (tertiary/aromatic N) is 1. The zero-order valence-corrected chi connectivity index (χ0v) is 17.4. The minimum Gasteiger partial charge on any atom is -0.507 e. The average Bonchev–Trinajstić information content (AvgIpc) is 3.46. The van der Waals surface area contributed by atoms with Crippen LogP contribution in [0, 0.1) is 0 Å². The van der Waals surface area contributed by atoms with Gasteiger partial charge in [0.25, 0.3) is 11.7 Å². The third-order valence-electron chi connectivity index (χ3n) is 5.57. The third kappa shape index (κ3) is 3.09. The van der Waals surface area contributed by atoms with Gasteiger partial charge in [-0.3, -0.25) is 14.5 Å². The van der Waals surface area contributed by atoms with Crippen LogP contribution in [0.1, 0.15) is 29.0 Å². The number of anilines is 1. The summed E-state index contributed by atoms with van der Waals surface area (Å²) in [4.78, 5) is 28.1. The first-order chi connectivity index (χ1) is 15.0. The van der Waals surface area contributed by atoms with Crippen molar-refractivity contribution in [2.75, 3.05) is 4.90 Å². The van der Waals surface area contributed by atoms with Crippen molar-refractivity contribution in [1.82, 2.24) is 0 Å². The largest absolute Gasteiger partial charge is 0.507 e. The van der Waals surface area contributed by atoms with E-state index in [0.29, 0.717) is 16.9 Å². The summed E-state index contributed by atoms with van der Waals surface area (Å²) in [6.45, 7) is 1.97. The van der Waals surface area contributed by atoms with Gasteiger partial charge in [0.2, 0.25) is 0 Å². The third-order valence-corrected chi connectivity index (χ3v) is 6.49. The fraction of sp³-hybridized carbons (Fsp3) is 0.167. The van der Waals surface area contributed by atoms with Crippen molar-refractivity contribution in [1.29, 1.82) is 0 Å². The van der Waals surface area contributed by atoms with Gasteiger partial charge in [-0.25, -0.2) is 0 Å². The molecule has 7 heteroatoms. The first kappa shape index (κ1) is 19.4. The molecule has 1 aromatic heterocycles. The van der Waals surface area contributed by atoms with E-state index < -0.39 is 17.7 Å². The van der Waals surface area contributed by atoms with Gasteiger partial charge in [-0.15, -0.1) is 11.3 Å². The number of amides is 1. The standard InChI is InChI=1S/C24H19NO5S/c1-13-11-15-12-14(8-9-18(15)30-13)22(27)20-21(19-7-4-10-31-19)25(24(29)23(20)28)16-5-2-3-6-17(16)26/h2-10,12-13,21,26-27H,11H2,1H3/b22-20-. The molecule has 1 amide bonds. The smallest absolute Gasteiger partial charge is 0.300 e. The van der Waals surface area contributed by atoms with Crippen LogP contribution in [0.15, 0.2) is 65.6 Å². The van der Waals surface area contributed by atoms with Crippen molar-refractivity contribution in [3.63, 3.8) is 0 Å². The normalized spacial score (nSPS) is 21.9. The Morgan fingerprint density at radius 3 is 2.68 bits per heavy atom. The number of phenols is 1. The van der Waals surface area contributed by atoms with Gasteiger partial charge in [0.1, 0.15) is 29.4 Å². The van der Waals surface area contributed by atoms with E-state index >= 15 is 0 Å². The number of fused-ring (bicyclic) bond motifs is 1. The van der Waals surface area contributed by atoms with E-state index in [0.717, 1.165) is 11.3 Å². The van der Waals surface area contributed by atoms with Crippen LogP contribution in [0.4, 0.5) is 5.69 Å². The first-order valence-electron chi connectivity index (χ1n) is 9.88. The second kappa shape index (κ2) is 7.28. The molecule has 2 aliphatic heterocycles. The zero-order chi connectivity index (χ0) is 21.7. The number of rotatable bonds is 3. The topological polar surface area (TPSA) is 87.1 Å². The molecule has 1 fully saturated rings. The highest BCUT2D eigenvalue weighted by Crippen LogP contribution is 2.46. The van der Waals surface area contributed by atoms with Gasteiger partial charge in [0, 0.05) is 16.9 Å². The summed E-state index contributed by atoms with van der Waals surface area (Å²) in [7, 11) is 0. The Kier molecular flexibility index (Phi) is 4.55. The maximum atomic E-state index is 13.1.